The van der Waals surface area contributed by atoms with Gasteiger partial charge in [0.1, 0.15) is 11.7 Å². The first-order valence-corrected chi connectivity index (χ1v) is 17.1. The minimum absolute atomic E-state index is 0.0233. The van der Waals surface area contributed by atoms with Crippen LogP contribution in [0, 0.1) is 11.3 Å². The van der Waals surface area contributed by atoms with Crippen molar-refractivity contribution in [3.8, 4) is 0 Å². The smallest absolute Gasteiger partial charge is 0.192 e. The normalized spacial score (nSPS) is 41.9. The number of rotatable bonds is 4. The Balaban J connectivity index is 2.02. The second-order valence-electron chi connectivity index (χ2n) is 12.0. The Labute approximate surface area is 172 Å². The van der Waals surface area contributed by atoms with Crippen molar-refractivity contribution in [2.45, 2.75) is 109 Å². The number of ketones is 1. The number of hydrogen-bond acceptors (Lipinski definition) is 5. The first-order chi connectivity index (χ1) is 12.5. The van der Waals surface area contributed by atoms with Crippen molar-refractivity contribution >= 4 is 22.4 Å². The van der Waals surface area contributed by atoms with E-state index < -0.39 is 28.3 Å². The molecule has 0 aromatic heterocycles. The molecule has 7 heteroatoms. The van der Waals surface area contributed by atoms with E-state index >= 15 is 0 Å². The molecule has 0 spiro atoms. The highest BCUT2D eigenvalue weighted by Crippen LogP contribution is 2.61. The van der Waals surface area contributed by atoms with Gasteiger partial charge in [0.25, 0.3) is 0 Å². The van der Waals surface area contributed by atoms with Gasteiger partial charge in [-0.1, -0.05) is 27.7 Å². The van der Waals surface area contributed by atoms with Crippen LogP contribution in [0.3, 0.4) is 0 Å². The molecule has 2 saturated carbocycles. The third-order valence-electron chi connectivity index (χ3n) is 7.75. The quantitative estimate of drug-likeness (QED) is 0.683. The topological polar surface area (TPSA) is 65.0 Å². The van der Waals surface area contributed by atoms with Crippen LogP contribution in [0.2, 0.25) is 37.8 Å². The van der Waals surface area contributed by atoms with E-state index in [9.17, 15) is 9.90 Å². The van der Waals surface area contributed by atoms with Crippen molar-refractivity contribution in [1.82, 2.24) is 0 Å². The Morgan fingerprint density at radius 2 is 1.79 bits per heavy atom. The number of aliphatic hydroxyl groups excluding tert-OH is 1. The van der Waals surface area contributed by atoms with Gasteiger partial charge in [-0.25, -0.2) is 0 Å². The average molecular weight is 429 g/mol. The molecule has 1 heterocycles. The van der Waals surface area contributed by atoms with Crippen LogP contribution >= 0.6 is 0 Å². The van der Waals surface area contributed by atoms with Crippen LogP contribution in [-0.2, 0) is 18.4 Å². The highest BCUT2D eigenvalue weighted by Gasteiger charge is 2.71. The molecule has 5 nitrogen and oxygen atoms in total. The summed E-state index contributed by atoms with van der Waals surface area (Å²) in [6.07, 6.45) is 0.825. The lowest BCUT2D eigenvalue weighted by Crippen LogP contribution is -2.78. The molecular formula is C21H40O5Si2. The van der Waals surface area contributed by atoms with Gasteiger partial charge < -0.3 is 18.7 Å². The number of fused-ring (bicyclic) bond motifs is 3. The van der Waals surface area contributed by atoms with Gasteiger partial charge in [0, 0.05) is 24.2 Å². The predicted molar refractivity (Wildman–Crippen MR) is 115 cm³/mol. The van der Waals surface area contributed by atoms with Crippen LogP contribution in [0.5, 0.6) is 0 Å². The molecule has 1 unspecified atom stereocenters. The van der Waals surface area contributed by atoms with E-state index in [0.717, 1.165) is 12.8 Å². The maximum Gasteiger partial charge on any atom is 0.192 e. The standard InChI is InChI=1S/C21H40O5Si2/c1-19(2,3)28(8,9)25-15-12-16-21(13-24-16,26-27(5,6)7)18-17(23)14(22)10-11-20(15,18)4/h15-18,23H,10-13H2,1-9H3/t15-,16+,17?,18-,20+,21-/m0/s1. The van der Waals surface area contributed by atoms with Gasteiger partial charge in [0.15, 0.2) is 22.4 Å². The van der Waals surface area contributed by atoms with Crippen LogP contribution < -0.4 is 0 Å². The summed E-state index contributed by atoms with van der Waals surface area (Å²) >= 11 is 0. The minimum atomic E-state index is -2.01. The van der Waals surface area contributed by atoms with E-state index in [1.807, 2.05) is 0 Å². The molecular weight excluding hydrogens is 388 g/mol. The Morgan fingerprint density at radius 3 is 2.25 bits per heavy atom. The van der Waals surface area contributed by atoms with E-state index in [4.69, 9.17) is 13.6 Å². The molecule has 0 amide bonds. The van der Waals surface area contributed by atoms with Gasteiger partial charge >= 0.3 is 0 Å². The van der Waals surface area contributed by atoms with E-state index in [0.29, 0.717) is 13.0 Å². The molecule has 162 valence electrons. The highest BCUT2D eigenvalue weighted by molar-refractivity contribution is 6.74. The Kier molecular flexibility index (Phi) is 5.43. The van der Waals surface area contributed by atoms with Gasteiger partial charge in [-0.3, -0.25) is 4.79 Å². The van der Waals surface area contributed by atoms with Crippen molar-refractivity contribution in [2.75, 3.05) is 6.61 Å². The summed E-state index contributed by atoms with van der Waals surface area (Å²) in [5, 5.41) is 11.2. The van der Waals surface area contributed by atoms with E-state index in [-0.39, 0.29) is 34.4 Å². The number of Topliss-reactive ketones (excluding diaryl/α,β-unsaturated/α-hetero) is 1. The molecule has 1 N–H and O–H groups in total. The second kappa shape index (κ2) is 6.72. The Hall–Kier alpha value is -0.0562. The third kappa shape index (κ3) is 3.50. The van der Waals surface area contributed by atoms with Crippen LogP contribution in [0.25, 0.3) is 0 Å². The summed E-state index contributed by atoms with van der Waals surface area (Å²) < 4.78 is 19.6. The zero-order chi connectivity index (χ0) is 21.3. The van der Waals surface area contributed by atoms with Crippen molar-refractivity contribution < 1.29 is 23.5 Å². The zero-order valence-electron chi connectivity index (χ0n) is 19.2. The summed E-state index contributed by atoms with van der Waals surface area (Å²) in [5.74, 6) is -0.324. The lowest BCUT2D eigenvalue weighted by molar-refractivity contribution is -0.323. The van der Waals surface area contributed by atoms with Gasteiger partial charge in [-0.05, 0) is 44.2 Å². The van der Waals surface area contributed by atoms with Crippen molar-refractivity contribution in [2.24, 2.45) is 11.3 Å². The molecule has 3 aliphatic rings. The summed E-state index contributed by atoms with van der Waals surface area (Å²) in [6, 6.07) is 0. The highest BCUT2D eigenvalue weighted by atomic mass is 28.4. The SMILES string of the molecule is CC(C)(C)[Si](C)(C)O[C@H]1C[C@H]2OC[C@@]2(O[Si](C)(C)C)[C@H]2C(O)C(=O)CC[C@]12C. The second-order valence-corrected chi connectivity index (χ2v) is 21.2. The van der Waals surface area contributed by atoms with Gasteiger partial charge in [0.05, 0.1) is 18.8 Å². The Bertz CT molecular complexity index is 638. The number of ether oxygens (including phenoxy) is 1. The van der Waals surface area contributed by atoms with Gasteiger partial charge in [0.2, 0.25) is 0 Å². The molecule has 1 aliphatic heterocycles. The number of carbonyl (C=O) groups is 1. The van der Waals surface area contributed by atoms with E-state index in [1.54, 1.807) is 0 Å². The van der Waals surface area contributed by atoms with Crippen LogP contribution in [-0.4, -0.2) is 58.0 Å². The van der Waals surface area contributed by atoms with Gasteiger partial charge in [-0.2, -0.15) is 0 Å². The van der Waals surface area contributed by atoms with E-state index in [1.165, 1.54) is 0 Å². The van der Waals surface area contributed by atoms with Crippen LogP contribution in [0.15, 0.2) is 0 Å². The molecule has 0 aromatic carbocycles. The zero-order valence-corrected chi connectivity index (χ0v) is 21.2. The fraction of sp³-hybridized carbons (Fsp3) is 0.952. The summed E-state index contributed by atoms with van der Waals surface area (Å²) in [7, 11) is -3.91. The van der Waals surface area contributed by atoms with E-state index in [2.05, 4.69) is 60.4 Å². The maximum absolute atomic E-state index is 12.6. The summed E-state index contributed by atoms with van der Waals surface area (Å²) in [4.78, 5) is 12.6. The number of hydrogen-bond donors (Lipinski definition) is 1. The Morgan fingerprint density at radius 1 is 1.18 bits per heavy atom. The third-order valence-corrected chi connectivity index (χ3v) is 13.2. The molecule has 28 heavy (non-hydrogen) atoms. The molecule has 0 bridgehead atoms. The van der Waals surface area contributed by atoms with Crippen LogP contribution in [0.1, 0.15) is 47.0 Å². The maximum atomic E-state index is 12.6. The fourth-order valence-corrected chi connectivity index (χ4v) is 8.15. The molecule has 0 radical (unpaired) electrons. The first-order valence-electron chi connectivity index (χ1n) is 10.7. The number of carbonyl (C=O) groups excluding carboxylic acids is 1. The number of aliphatic hydroxyl groups is 1. The monoisotopic (exact) mass is 428 g/mol. The molecule has 2 aliphatic carbocycles. The lowest BCUT2D eigenvalue weighted by atomic mass is 9.50. The molecule has 3 fully saturated rings. The predicted octanol–water partition coefficient (Wildman–Crippen LogP) is 4.12. The summed E-state index contributed by atoms with van der Waals surface area (Å²) in [5.41, 5.74) is -0.842. The largest absolute Gasteiger partial charge is 0.413 e. The van der Waals surface area contributed by atoms with Gasteiger partial charge in [-0.15, -0.1) is 0 Å². The summed E-state index contributed by atoms with van der Waals surface area (Å²) in [6.45, 7) is 20.5. The van der Waals surface area contributed by atoms with Crippen molar-refractivity contribution in [3.63, 3.8) is 0 Å². The first kappa shape index (κ1) is 22.6. The van der Waals surface area contributed by atoms with Crippen molar-refractivity contribution in [3.05, 3.63) is 0 Å². The minimum Gasteiger partial charge on any atom is -0.413 e. The van der Waals surface area contributed by atoms with Crippen LogP contribution in [0.4, 0.5) is 0 Å². The average Bonchev–Trinajstić information content (AvgIpc) is 2.49. The van der Waals surface area contributed by atoms with Crippen molar-refractivity contribution in [1.29, 1.82) is 0 Å². The molecule has 0 aromatic rings. The molecule has 3 rings (SSSR count). The molecule has 1 saturated heterocycles. The fourth-order valence-electron chi connectivity index (χ4n) is 5.26. The molecule has 6 atom stereocenters. The lowest BCUT2D eigenvalue weighted by Gasteiger charge is -2.67.